The number of hydrogen-bond acceptors (Lipinski definition) is 9. The normalized spacial score (nSPS) is 20.7. The Bertz CT molecular complexity index is 1770. The Morgan fingerprint density at radius 2 is 1.90 bits per heavy atom. The number of ketones is 2. The van der Waals surface area contributed by atoms with E-state index >= 15 is 0 Å². The highest BCUT2D eigenvalue weighted by Gasteiger charge is 2.61. The van der Waals surface area contributed by atoms with Gasteiger partial charge < -0.3 is 28.9 Å². The number of benzene rings is 2. The number of ether oxygens (including phenoxy) is 3. The number of methoxy groups -OCH3 is 2. The van der Waals surface area contributed by atoms with Crippen molar-refractivity contribution >= 4 is 39.9 Å². The lowest BCUT2D eigenvalue weighted by atomic mass is 9.72. The number of fused-ring (bicyclic) bond motifs is 2. The van der Waals surface area contributed by atoms with Crippen LogP contribution in [0.5, 0.6) is 17.2 Å². The van der Waals surface area contributed by atoms with Gasteiger partial charge >= 0.3 is 11.1 Å². The number of aliphatic hydroxyl groups excluding tert-OH is 1. The third-order valence-corrected chi connectivity index (χ3v) is 7.75. The number of allylic oxidation sites excluding steroid dienone is 1. The first-order chi connectivity index (χ1) is 19.1. The molecular formula is C28H26ClN3O8. The van der Waals surface area contributed by atoms with Gasteiger partial charge in [-0.2, -0.15) is 0 Å². The Morgan fingerprint density at radius 3 is 2.60 bits per heavy atom. The summed E-state index contributed by atoms with van der Waals surface area (Å²) >= 11 is 6.47. The number of rotatable bonds is 6. The number of para-hydroxylation sites is 2. The summed E-state index contributed by atoms with van der Waals surface area (Å²) in [7, 11) is 2.78. The van der Waals surface area contributed by atoms with E-state index in [4.69, 9.17) is 25.8 Å². The van der Waals surface area contributed by atoms with Crippen LogP contribution >= 0.6 is 11.6 Å². The molecule has 1 aromatic heterocycles. The predicted molar refractivity (Wildman–Crippen MR) is 147 cm³/mol. The van der Waals surface area contributed by atoms with Crippen LogP contribution in [0.1, 0.15) is 30.6 Å². The van der Waals surface area contributed by atoms with Crippen molar-refractivity contribution in [1.82, 2.24) is 9.55 Å². The number of halogens is 1. The van der Waals surface area contributed by atoms with E-state index in [2.05, 4.69) is 9.98 Å². The third-order valence-electron chi connectivity index (χ3n) is 7.39. The van der Waals surface area contributed by atoms with E-state index in [1.807, 2.05) is 0 Å². The average molecular weight is 568 g/mol. The standard InChI is InChI=1S/C28H26ClN3O8/c1-13-11-17(33)20(14(2)30-9-10-32-16-8-6-5-7-15(16)31-26(36)27(32)37)24(34)28(13)25(35)21-18(38-3)12-19(39-4)22(29)23(21)40-28/h5-8,12-13,34H,9-11H2,1-4H3,(H,31,36)/t13-,28+/m1/s1. The number of aliphatic hydroxyl groups is 1. The quantitative estimate of drug-likeness (QED) is 0.340. The van der Waals surface area contributed by atoms with E-state index < -0.39 is 40.0 Å². The molecule has 208 valence electrons. The smallest absolute Gasteiger partial charge is 0.316 e. The molecule has 5 rings (SSSR count). The van der Waals surface area contributed by atoms with Crippen molar-refractivity contribution in [2.24, 2.45) is 10.9 Å². The lowest BCUT2D eigenvalue weighted by Crippen LogP contribution is -2.53. The largest absolute Gasteiger partial charge is 0.507 e. The van der Waals surface area contributed by atoms with Gasteiger partial charge in [0.2, 0.25) is 11.4 Å². The molecule has 2 heterocycles. The summed E-state index contributed by atoms with van der Waals surface area (Å²) < 4.78 is 18.1. The second-order valence-corrected chi connectivity index (χ2v) is 9.99. The number of carbonyl (C=O) groups is 2. The van der Waals surface area contributed by atoms with E-state index in [-0.39, 0.29) is 58.6 Å². The van der Waals surface area contributed by atoms with Crippen molar-refractivity contribution in [3.05, 3.63) is 73.0 Å². The minimum absolute atomic E-state index is 0.00916. The van der Waals surface area contributed by atoms with Crippen LogP contribution in [-0.4, -0.2) is 58.3 Å². The molecule has 2 aliphatic rings. The lowest BCUT2D eigenvalue weighted by Gasteiger charge is -2.37. The lowest BCUT2D eigenvalue weighted by molar-refractivity contribution is -0.118. The number of aromatic amines is 1. The fourth-order valence-corrected chi connectivity index (χ4v) is 5.64. The van der Waals surface area contributed by atoms with Crippen molar-refractivity contribution < 1.29 is 28.9 Å². The van der Waals surface area contributed by atoms with E-state index in [1.165, 1.54) is 31.8 Å². The molecule has 2 aromatic carbocycles. The second kappa shape index (κ2) is 9.98. The summed E-state index contributed by atoms with van der Waals surface area (Å²) in [6, 6.07) is 8.30. The fraction of sp³-hybridized carbons (Fsp3) is 0.321. The Kier molecular flexibility index (Phi) is 6.79. The predicted octanol–water partition coefficient (Wildman–Crippen LogP) is 3.26. The number of H-pyrrole nitrogens is 1. The number of nitrogens with one attached hydrogen (secondary N) is 1. The van der Waals surface area contributed by atoms with Gasteiger partial charge in [-0.05, 0) is 19.1 Å². The molecule has 0 amide bonds. The summed E-state index contributed by atoms with van der Waals surface area (Å²) in [5, 5.41) is 11.5. The summed E-state index contributed by atoms with van der Waals surface area (Å²) in [6.07, 6.45) is -0.110. The number of Topliss-reactive ketones (excluding diaryl/α,β-unsaturated/α-hetero) is 2. The van der Waals surface area contributed by atoms with Crippen LogP contribution in [0.25, 0.3) is 11.0 Å². The fourth-order valence-electron chi connectivity index (χ4n) is 5.37. The zero-order valence-electron chi connectivity index (χ0n) is 22.2. The average Bonchev–Trinajstić information content (AvgIpc) is 3.24. The molecule has 0 unspecified atom stereocenters. The maximum Gasteiger partial charge on any atom is 0.316 e. The maximum absolute atomic E-state index is 13.9. The molecule has 40 heavy (non-hydrogen) atoms. The zero-order valence-corrected chi connectivity index (χ0v) is 22.9. The second-order valence-electron chi connectivity index (χ2n) is 9.61. The number of carbonyl (C=O) groups excluding carboxylic acids is 2. The first kappa shape index (κ1) is 27.2. The molecule has 2 atom stereocenters. The molecular weight excluding hydrogens is 542 g/mol. The van der Waals surface area contributed by atoms with Gasteiger partial charge in [-0.25, -0.2) is 0 Å². The van der Waals surface area contributed by atoms with Gasteiger partial charge in [0, 0.05) is 30.7 Å². The monoisotopic (exact) mass is 567 g/mol. The van der Waals surface area contributed by atoms with Gasteiger partial charge in [0.05, 0.1) is 37.4 Å². The minimum atomic E-state index is -1.93. The summed E-state index contributed by atoms with van der Waals surface area (Å²) in [4.78, 5) is 58.6. The molecule has 2 N–H and O–H groups in total. The zero-order chi connectivity index (χ0) is 28.9. The number of aromatic nitrogens is 2. The number of aliphatic imine (C=N–C) groups is 1. The molecule has 1 aliphatic carbocycles. The van der Waals surface area contributed by atoms with E-state index in [0.717, 1.165) is 0 Å². The molecule has 12 heteroatoms. The molecule has 0 radical (unpaired) electrons. The molecule has 0 fully saturated rings. The molecule has 3 aromatic rings. The Labute approximate surface area is 232 Å². The molecule has 1 spiro atoms. The highest BCUT2D eigenvalue weighted by molar-refractivity contribution is 6.35. The van der Waals surface area contributed by atoms with Gasteiger partial charge in [-0.15, -0.1) is 0 Å². The van der Waals surface area contributed by atoms with Crippen LogP contribution in [0.3, 0.4) is 0 Å². The summed E-state index contributed by atoms with van der Waals surface area (Å²) in [5.74, 6) is -1.99. The van der Waals surface area contributed by atoms with Crippen molar-refractivity contribution in [3.63, 3.8) is 0 Å². The van der Waals surface area contributed by atoms with Crippen LogP contribution in [-0.2, 0) is 11.3 Å². The van der Waals surface area contributed by atoms with Crippen LogP contribution in [0.2, 0.25) is 5.02 Å². The van der Waals surface area contributed by atoms with Crippen LogP contribution in [0.4, 0.5) is 0 Å². The summed E-state index contributed by atoms with van der Waals surface area (Å²) in [6.45, 7) is 3.20. The van der Waals surface area contributed by atoms with Crippen molar-refractivity contribution in [3.8, 4) is 17.2 Å². The first-order valence-corrected chi connectivity index (χ1v) is 12.8. The van der Waals surface area contributed by atoms with Crippen LogP contribution in [0.15, 0.2) is 56.2 Å². The summed E-state index contributed by atoms with van der Waals surface area (Å²) in [5.41, 5.74) is -2.37. The maximum atomic E-state index is 13.9. The number of nitrogens with zero attached hydrogens (tertiary/aromatic N) is 2. The molecule has 0 bridgehead atoms. The Morgan fingerprint density at radius 1 is 1.20 bits per heavy atom. The molecule has 1 aliphatic heterocycles. The van der Waals surface area contributed by atoms with Gasteiger partial charge in [0.1, 0.15) is 22.1 Å². The highest BCUT2D eigenvalue weighted by atomic mass is 35.5. The van der Waals surface area contributed by atoms with Crippen molar-refractivity contribution in [2.75, 3.05) is 20.8 Å². The SMILES string of the molecule is COc1cc(OC)c2c(c1Cl)O[C@]1(C2=O)C(O)=C(C(C)=NCCn2c(=O)c(=O)[nH]c3ccccc32)C(=O)C[C@H]1C. The third kappa shape index (κ3) is 3.91. The van der Waals surface area contributed by atoms with Crippen molar-refractivity contribution in [1.29, 1.82) is 0 Å². The molecule has 11 nitrogen and oxygen atoms in total. The van der Waals surface area contributed by atoms with E-state index in [9.17, 15) is 24.3 Å². The van der Waals surface area contributed by atoms with E-state index in [1.54, 1.807) is 31.2 Å². The van der Waals surface area contributed by atoms with Crippen LogP contribution in [0, 0.1) is 5.92 Å². The highest BCUT2D eigenvalue weighted by Crippen LogP contribution is 2.54. The Hall–Kier alpha value is -4.38. The molecule has 0 saturated heterocycles. The van der Waals surface area contributed by atoms with Gasteiger partial charge in [-0.3, -0.25) is 24.2 Å². The van der Waals surface area contributed by atoms with Gasteiger partial charge in [0.25, 0.3) is 0 Å². The molecule has 0 saturated carbocycles. The minimum Gasteiger partial charge on any atom is -0.507 e. The van der Waals surface area contributed by atoms with Crippen LogP contribution < -0.4 is 25.3 Å². The van der Waals surface area contributed by atoms with Gasteiger partial charge in [0.15, 0.2) is 17.3 Å². The first-order valence-electron chi connectivity index (χ1n) is 12.4. The van der Waals surface area contributed by atoms with Crippen molar-refractivity contribution in [2.45, 2.75) is 32.4 Å². The number of hydrogen-bond donors (Lipinski definition) is 2. The topological polar surface area (TPSA) is 149 Å². The van der Waals surface area contributed by atoms with Gasteiger partial charge in [-0.1, -0.05) is 30.7 Å². The Balaban J connectivity index is 1.54. The van der Waals surface area contributed by atoms with E-state index in [0.29, 0.717) is 11.0 Å².